The number of anilines is 1. The minimum atomic E-state index is -4.49. The van der Waals surface area contributed by atoms with Gasteiger partial charge in [-0.3, -0.25) is 4.90 Å². The van der Waals surface area contributed by atoms with Crippen LogP contribution in [0.5, 0.6) is 0 Å². The molecule has 0 saturated carbocycles. The van der Waals surface area contributed by atoms with Gasteiger partial charge in [0.2, 0.25) is 0 Å². The van der Waals surface area contributed by atoms with Crippen LogP contribution in [0.15, 0.2) is 42.5 Å². The predicted octanol–water partition coefficient (Wildman–Crippen LogP) is 6.15. The average Bonchev–Trinajstić information content (AvgIpc) is 2.76. The maximum Gasteiger partial charge on any atom is 0.416 e. The number of rotatable bonds is 6. The molecule has 0 aromatic heterocycles. The van der Waals surface area contributed by atoms with Gasteiger partial charge in [-0.25, -0.2) is 9.18 Å². The fraction of sp³-hybridized carbons (Fsp3) is 0.435. The summed E-state index contributed by atoms with van der Waals surface area (Å²) in [4.78, 5) is 14.1. The highest BCUT2D eigenvalue weighted by Gasteiger charge is 2.38. The number of nitrogens with zero attached hydrogens (tertiary/aromatic N) is 1. The quantitative estimate of drug-likeness (QED) is 0.550. The Bertz CT molecular complexity index is 917. The Labute approximate surface area is 179 Å². The molecule has 1 aliphatic heterocycles. The molecule has 8 heteroatoms. The number of benzene rings is 2. The summed E-state index contributed by atoms with van der Waals surface area (Å²) in [5.74, 6) is 0. The summed E-state index contributed by atoms with van der Waals surface area (Å²) >= 11 is 0. The van der Waals surface area contributed by atoms with Gasteiger partial charge in [0.25, 0.3) is 0 Å². The number of fused-ring (bicyclic) bond motifs is 1. The van der Waals surface area contributed by atoms with E-state index in [-0.39, 0.29) is 12.6 Å². The maximum atomic E-state index is 13.4. The van der Waals surface area contributed by atoms with Crippen LogP contribution < -0.4 is 10.2 Å². The second kappa shape index (κ2) is 9.68. The predicted molar refractivity (Wildman–Crippen MR) is 110 cm³/mol. The lowest BCUT2D eigenvalue weighted by Crippen LogP contribution is -2.47. The Hall–Kier alpha value is -2.61. The first-order chi connectivity index (χ1) is 14.8. The zero-order valence-corrected chi connectivity index (χ0v) is 17.5. The van der Waals surface area contributed by atoms with Crippen LogP contribution in [0.4, 0.5) is 28.0 Å². The Morgan fingerprint density at radius 3 is 2.55 bits per heavy atom. The van der Waals surface area contributed by atoms with E-state index < -0.39 is 30.5 Å². The molecule has 2 aromatic rings. The SMILES string of the molecule is CCOC(=O)N1c2ccc(C(F)(F)F)cc2[C@@H](NCc2cccc(CF)c2)C[C@H]1CC. The molecule has 1 N–H and O–H groups in total. The molecule has 4 nitrogen and oxygen atoms in total. The van der Waals surface area contributed by atoms with Crippen molar-refractivity contribution >= 4 is 11.8 Å². The number of hydrogen-bond donors (Lipinski definition) is 1. The molecule has 168 valence electrons. The number of halogens is 4. The monoisotopic (exact) mass is 438 g/mol. The molecule has 3 rings (SSSR count). The van der Waals surface area contributed by atoms with Crippen molar-refractivity contribution in [1.82, 2.24) is 5.32 Å². The van der Waals surface area contributed by atoms with Crippen molar-refractivity contribution in [1.29, 1.82) is 0 Å². The van der Waals surface area contributed by atoms with Gasteiger partial charge in [-0.15, -0.1) is 0 Å². The van der Waals surface area contributed by atoms with Crippen molar-refractivity contribution in [2.75, 3.05) is 11.5 Å². The number of carbonyl (C=O) groups excluding carboxylic acids is 1. The molecule has 31 heavy (non-hydrogen) atoms. The van der Waals surface area contributed by atoms with Crippen molar-refractivity contribution < 1.29 is 27.1 Å². The van der Waals surface area contributed by atoms with Crippen LogP contribution in [-0.2, 0) is 24.1 Å². The first-order valence-corrected chi connectivity index (χ1v) is 10.3. The van der Waals surface area contributed by atoms with E-state index in [2.05, 4.69) is 5.32 Å². The molecule has 0 spiro atoms. The molecule has 0 unspecified atom stereocenters. The van der Waals surface area contributed by atoms with Gasteiger partial charge in [-0.05, 0) is 54.7 Å². The molecule has 0 fully saturated rings. The van der Waals surface area contributed by atoms with Crippen molar-refractivity contribution in [3.63, 3.8) is 0 Å². The van der Waals surface area contributed by atoms with E-state index in [0.29, 0.717) is 36.2 Å². The Kier molecular flexibility index (Phi) is 7.20. The summed E-state index contributed by atoms with van der Waals surface area (Å²) in [5.41, 5.74) is 1.43. The van der Waals surface area contributed by atoms with Gasteiger partial charge in [0, 0.05) is 18.6 Å². The summed E-state index contributed by atoms with van der Waals surface area (Å²) in [6.45, 7) is 3.57. The lowest BCUT2D eigenvalue weighted by atomic mass is 9.88. The highest BCUT2D eigenvalue weighted by atomic mass is 19.4. The van der Waals surface area contributed by atoms with Gasteiger partial charge >= 0.3 is 12.3 Å². The minimum Gasteiger partial charge on any atom is -0.449 e. The van der Waals surface area contributed by atoms with Crippen LogP contribution >= 0.6 is 0 Å². The normalized spacial score (nSPS) is 18.6. The summed E-state index contributed by atoms with van der Waals surface area (Å²) < 4.78 is 58.3. The molecule has 1 amide bonds. The van der Waals surface area contributed by atoms with Gasteiger partial charge in [-0.1, -0.05) is 31.2 Å². The number of ether oxygens (including phenoxy) is 1. The fourth-order valence-corrected chi connectivity index (χ4v) is 3.98. The van der Waals surface area contributed by atoms with Gasteiger partial charge in [0.1, 0.15) is 6.67 Å². The summed E-state index contributed by atoms with van der Waals surface area (Å²) in [6.07, 6.45) is -4.00. The fourth-order valence-electron chi connectivity index (χ4n) is 3.98. The zero-order chi connectivity index (χ0) is 22.6. The third-order valence-electron chi connectivity index (χ3n) is 5.50. The summed E-state index contributed by atoms with van der Waals surface area (Å²) in [6, 6.07) is 9.80. The van der Waals surface area contributed by atoms with Crippen LogP contribution in [0.1, 0.15) is 55.0 Å². The molecule has 0 saturated heterocycles. The van der Waals surface area contributed by atoms with Crippen molar-refractivity contribution in [3.8, 4) is 0 Å². The molecular formula is C23H26F4N2O2. The maximum absolute atomic E-state index is 13.4. The van der Waals surface area contributed by atoms with E-state index in [1.165, 1.54) is 11.0 Å². The lowest BCUT2D eigenvalue weighted by Gasteiger charge is -2.40. The molecule has 2 atom stereocenters. The second-order valence-corrected chi connectivity index (χ2v) is 7.53. The number of nitrogens with one attached hydrogen (secondary N) is 1. The first-order valence-electron chi connectivity index (χ1n) is 10.3. The van der Waals surface area contributed by atoms with Crippen LogP contribution in [0.2, 0.25) is 0 Å². The van der Waals surface area contributed by atoms with Crippen LogP contribution in [0.25, 0.3) is 0 Å². The summed E-state index contributed by atoms with van der Waals surface area (Å²) in [7, 11) is 0. The zero-order valence-electron chi connectivity index (χ0n) is 17.5. The molecule has 0 aliphatic carbocycles. The van der Waals surface area contributed by atoms with E-state index in [4.69, 9.17) is 4.74 Å². The Balaban J connectivity index is 1.97. The van der Waals surface area contributed by atoms with E-state index in [1.807, 2.05) is 13.0 Å². The standard InChI is InChI=1S/C23H26F4N2O2/c1-3-18-12-20(28-14-16-7-5-6-15(10-16)13-24)19-11-17(23(25,26)27)8-9-21(19)29(18)22(30)31-4-2/h5-11,18,20,28H,3-4,12-14H2,1-2H3/t18-,20+/m1/s1. The highest BCUT2D eigenvalue weighted by Crippen LogP contribution is 2.42. The highest BCUT2D eigenvalue weighted by molar-refractivity contribution is 5.90. The third kappa shape index (κ3) is 5.18. The van der Waals surface area contributed by atoms with Gasteiger partial charge < -0.3 is 10.1 Å². The van der Waals surface area contributed by atoms with Crippen molar-refractivity contribution in [2.24, 2.45) is 0 Å². The molecule has 0 bridgehead atoms. The van der Waals surface area contributed by atoms with Gasteiger partial charge in [-0.2, -0.15) is 13.2 Å². The smallest absolute Gasteiger partial charge is 0.416 e. The molecular weight excluding hydrogens is 412 g/mol. The molecule has 1 aliphatic rings. The van der Waals surface area contributed by atoms with Gasteiger partial charge in [0.15, 0.2) is 0 Å². The van der Waals surface area contributed by atoms with Crippen LogP contribution in [0, 0.1) is 0 Å². The van der Waals surface area contributed by atoms with Crippen molar-refractivity contribution in [3.05, 3.63) is 64.7 Å². The van der Waals surface area contributed by atoms with Crippen LogP contribution in [0.3, 0.4) is 0 Å². The first kappa shape index (κ1) is 23.1. The number of amides is 1. The van der Waals surface area contributed by atoms with Crippen molar-refractivity contribution in [2.45, 2.75) is 58.2 Å². The van der Waals surface area contributed by atoms with E-state index >= 15 is 0 Å². The van der Waals surface area contributed by atoms with Gasteiger partial charge in [0.05, 0.1) is 17.9 Å². The topological polar surface area (TPSA) is 41.6 Å². The van der Waals surface area contributed by atoms with E-state index in [1.54, 1.807) is 25.1 Å². The number of carbonyl (C=O) groups is 1. The number of hydrogen-bond acceptors (Lipinski definition) is 3. The second-order valence-electron chi connectivity index (χ2n) is 7.53. The minimum absolute atomic E-state index is 0.175. The van der Waals surface area contributed by atoms with Crippen LogP contribution in [-0.4, -0.2) is 18.7 Å². The third-order valence-corrected chi connectivity index (χ3v) is 5.50. The molecule has 0 radical (unpaired) electrons. The average molecular weight is 438 g/mol. The van der Waals surface area contributed by atoms with E-state index in [9.17, 15) is 22.4 Å². The molecule has 1 heterocycles. The van der Waals surface area contributed by atoms with E-state index in [0.717, 1.165) is 17.7 Å². The Morgan fingerprint density at radius 2 is 1.90 bits per heavy atom. The lowest BCUT2D eigenvalue weighted by molar-refractivity contribution is -0.137. The molecule has 2 aromatic carbocycles. The largest absolute Gasteiger partial charge is 0.449 e. The summed E-state index contributed by atoms with van der Waals surface area (Å²) in [5, 5.41) is 3.31. The number of alkyl halides is 4. The Morgan fingerprint density at radius 1 is 1.16 bits per heavy atom.